The number of rotatable bonds is 1. The van der Waals surface area contributed by atoms with Gasteiger partial charge in [-0.1, -0.05) is 36.4 Å². The van der Waals surface area contributed by atoms with Crippen molar-refractivity contribution in [2.24, 2.45) is 0 Å². The molecule has 0 unspecified atom stereocenters. The first-order chi connectivity index (χ1) is 8.67. The summed E-state index contributed by atoms with van der Waals surface area (Å²) in [6.45, 7) is 0.527. The molecule has 0 amide bonds. The highest BCUT2D eigenvalue weighted by molar-refractivity contribution is 7.89. The molecule has 0 fully saturated rings. The molecule has 92 valence electrons. The summed E-state index contributed by atoms with van der Waals surface area (Å²) in [5.41, 5.74) is 1.63. The molecule has 3 rings (SSSR count). The van der Waals surface area contributed by atoms with Crippen LogP contribution in [-0.2, 0) is 16.6 Å². The van der Waals surface area contributed by atoms with Crippen molar-refractivity contribution in [1.82, 2.24) is 4.83 Å². The first kappa shape index (κ1) is 11.3. The first-order valence-corrected chi connectivity index (χ1v) is 7.08. The zero-order chi connectivity index (χ0) is 12.6. The highest BCUT2D eigenvalue weighted by Crippen LogP contribution is 2.25. The molecule has 0 aromatic heterocycles. The molecule has 1 N–H and O–H groups in total. The zero-order valence-electron chi connectivity index (χ0n) is 9.58. The number of nitrogens with one attached hydrogen (secondary N) is 1. The van der Waals surface area contributed by atoms with Gasteiger partial charge in [0.15, 0.2) is 0 Å². The van der Waals surface area contributed by atoms with Crippen LogP contribution in [0.25, 0.3) is 0 Å². The molecule has 0 saturated carbocycles. The predicted molar refractivity (Wildman–Crippen MR) is 69.4 cm³/mol. The number of anilines is 1. The summed E-state index contributed by atoms with van der Waals surface area (Å²) in [5.74, 6) is 0. The van der Waals surface area contributed by atoms with Crippen molar-refractivity contribution in [2.75, 3.05) is 5.01 Å². The minimum Gasteiger partial charge on any atom is -0.290 e. The molecule has 0 spiro atoms. The summed E-state index contributed by atoms with van der Waals surface area (Å²) < 4.78 is 24.2. The van der Waals surface area contributed by atoms with Crippen LogP contribution in [0.3, 0.4) is 0 Å². The van der Waals surface area contributed by atoms with Gasteiger partial charge in [0.25, 0.3) is 10.0 Å². The van der Waals surface area contributed by atoms with Gasteiger partial charge in [-0.25, -0.2) is 8.42 Å². The van der Waals surface area contributed by atoms with Crippen LogP contribution in [0.4, 0.5) is 5.69 Å². The van der Waals surface area contributed by atoms with Gasteiger partial charge in [0.2, 0.25) is 0 Å². The van der Waals surface area contributed by atoms with Gasteiger partial charge >= 0.3 is 0 Å². The molecule has 1 heterocycles. The van der Waals surface area contributed by atoms with Crippen LogP contribution in [0.1, 0.15) is 5.56 Å². The van der Waals surface area contributed by atoms with Crippen LogP contribution >= 0.6 is 0 Å². The molecule has 1 aliphatic heterocycles. The Bertz CT molecular complexity index is 668. The Morgan fingerprint density at radius 2 is 1.61 bits per heavy atom. The molecule has 0 atom stereocenters. The Labute approximate surface area is 106 Å². The van der Waals surface area contributed by atoms with E-state index in [2.05, 4.69) is 4.83 Å². The Kier molecular flexibility index (Phi) is 2.57. The summed E-state index contributed by atoms with van der Waals surface area (Å²) in [6.07, 6.45) is 0. The fraction of sp³-hybridized carbons (Fsp3) is 0.0769. The molecule has 2 aromatic rings. The van der Waals surface area contributed by atoms with Crippen LogP contribution in [0.2, 0.25) is 0 Å². The topological polar surface area (TPSA) is 49.4 Å². The fourth-order valence-electron chi connectivity index (χ4n) is 2.05. The van der Waals surface area contributed by atoms with Crippen LogP contribution in [0, 0.1) is 0 Å². The molecule has 0 bridgehead atoms. The molecule has 4 nitrogen and oxygen atoms in total. The van der Waals surface area contributed by atoms with E-state index in [0.717, 1.165) is 11.3 Å². The summed E-state index contributed by atoms with van der Waals surface area (Å²) in [7, 11) is -3.46. The second-order valence-electron chi connectivity index (χ2n) is 4.12. The molecule has 18 heavy (non-hydrogen) atoms. The molecule has 5 heteroatoms. The maximum Gasteiger partial charge on any atom is 0.257 e. The first-order valence-electron chi connectivity index (χ1n) is 5.60. The Morgan fingerprint density at radius 1 is 0.944 bits per heavy atom. The van der Waals surface area contributed by atoms with E-state index in [1.54, 1.807) is 17.1 Å². The highest BCUT2D eigenvalue weighted by atomic mass is 32.2. The molecular weight excluding hydrogens is 248 g/mol. The van der Waals surface area contributed by atoms with Crippen LogP contribution in [-0.4, -0.2) is 8.42 Å². The number of hydrogen-bond donors (Lipinski definition) is 1. The summed E-state index contributed by atoms with van der Waals surface area (Å²) in [4.78, 5) is 2.93. The maximum atomic E-state index is 12.1. The molecule has 0 aliphatic carbocycles. The van der Waals surface area contributed by atoms with Crippen molar-refractivity contribution < 1.29 is 8.42 Å². The molecular formula is C13H12N2O2S. The number of hydrazine groups is 1. The summed E-state index contributed by atoms with van der Waals surface area (Å²) in [6, 6.07) is 16.4. The lowest BCUT2D eigenvalue weighted by Crippen LogP contribution is -2.45. The van der Waals surface area contributed by atoms with Crippen molar-refractivity contribution in [3.8, 4) is 0 Å². The number of benzene rings is 2. The average Bonchev–Trinajstić information content (AvgIpc) is 2.39. The predicted octanol–water partition coefficient (Wildman–Crippen LogP) is 1.90. The van der Waals surface area contributed by atoms with Crippen molar-refractivity contribution in [2.45, 2.75) is 11.4 Å². The third-order valence-corrected chi connectivity index (χ3v) is 4.33. The quantitative estimate of drug-likeness (QED) is 0.852. The van der Waals surface area contributed by atoms with E-state index in [9.17, 15) is 8.42 Å². The van der Waals surface area contributed by atoms with Gasteiger partial charge in [-0.05, 0) is 23.8 Å². The average molecular weight is 260 g/mol. The van der Waals surface area contributed by atoms with Crippen LogP contribution < -0.4 is 9.84 Å². The van der Waals surface area contributed by atoms with Crippen molar-refractivity contribution in [3.05, 3.63) is 60.2 Å². The van der Waals surface area contributed by atoms with E-state index in [-0.39, 0.29) is 0 Å². The van der Waals surface area contributed by atoms with E-state index >= 15 is 0 Å². The maximum absolute atomic E-state index is 12.1. The second-order valence-corrected chi connectivity index (χ2v) is 5.75. The second kappa shape index (κ2) is 4.12. The monoisotopic (exact) mass is 260 g/mol. The molecule has 1 aliphatic rings. The minimum atomic E-state index is -3.46. The third kappa shape index (κ3) is 1.87. The van der Waals surface area contributed by atoms with E-state index < -0.39 is 10.0 Å². The van der Waals surface area contributed by atoms with Crippen LogP contribution in [0.5, 0.6) is 0 Å². The Morgan fingerprint density at radius 3 is 2.39 bits per heavy atom. The van der Waals surface area contributed by atoms with Gasteiger partial charge in [-0.2, -0.15) is 0 Å². The van der Waals surface area contributed by atoms with Crippen LogP contribution in [0.15, 0.2) is 59.5 Å². The van der Waals surface area contributed by atoms with Gasteiger partial charge in [-0.3, -0.25) is 5.01 Å². The van der Waals surface area contributed by atoms with Crippen molar-refractivity contribution in [1.29, 1.82) is 0 Å². The Hall–Kier alpha value is -1.85. The normalized spacial score (nSPS) is 17.2. The number of hydrogen-bond acceptors (Lipinski definition) is 3. The summed E-state index contributed by atoms with van der Waals surface area (Å²) >= 11 is 0. The number of nitrogens with zero attached hydrogens (tertiary/aromatic N) is 1. The molecule has 0 saturated heterocycles. The number of fused-ring (bicyclic) bond motifs is 1. The highest BCUT2D eigenvalue weighted by Gasteiger charge is 2.27. The SMILES string of the molecule is O=S1(=O)NN(c2ccccc2)Cc2ccccc21. The minimum absolute atomic E-state index is 0.359. The molecule has 2 aromatic carbocycles. The fourth-order valence-corrected chi connectivity index (χ4v) is 3.34. The van der Waals surface area contributed by atoms with Gasteiger partial charge in [-0.15, -0.1) is 4.83 Å². The largest absolute Gasteiger partial charge is 0.290 e. The lowest BCUT2D eigenvalue weighted by atomic mass is 10.2. The Balaban J connectivity index is 2.06. The van der Waals surface area contributed by atoms with E-state index in [0.29, 0.717) is 11.4 Å². The van der Waals surface area contributed by atoms with Crippen molar-refractivity contribution in [3.63, 3.8) is 0 Å². The molecule has 0 radical (unpaired) electrons. The van der Waals surface area contributed by atoms with Gasteiger partial charge in [0, 0.05) is 0 Å². The van der Waals surface area contributed by atoms with E-state index in [4.69, 9.17) is 0 Å². The zero-order valence-corrected chi connectivity index (χ0v) is 10.4. The smallest absolute Gasteiger partial charge is 0.257 e. The third-order valence-electron chi connectivity index (χ3n) is 2.89. The van der Waals surface area contributed by atoms with Gasteiger partial charge in [0.05, 0.1) is 17.1 Å². The van der Waals surface area contributed by atoms with E-state index in [1.807, 2.05) is 42.5 Å². The number of para-hydroxylation sites is 1. The standard InChI is InChI=1S/C13H12N2O2S/c16-18(17)13-9-5-4-6-11(13)10-15(14-18)12-7-2-1-3-8-12/h1-9,14H,10H2. The van der Waals surface area contributed by atoms with Gasteiger partial charge in [0.1, 0.15) is 0 Å². The lowest BCUT2D eigenvalue weighted by molar-refractivity contribution is 0.564. The van der Waals surface area contributed by atoms with Gasteiger partial charge < -0.3 is 0 Å². The number of sulfonamides is 1. The lowest BCUT2D eigenvalue weighted by Gasteiger charge is -2.30. The summed E-state index contributed by atoms with van der Waals surface area (Å²) in [5, 5.41) is 1.64. The van der Waals surface area contributed by atoms with E-state index in [1.165, 1.54) is 0 Å². The van der Waals surface area contributed by atoms with Crippen molar-refractivity contribution >= 4 is 15.7 Å².